The maximum Gasteiger partial charge on any atom is 0.161 e. The van der Waals surface area contributed by atoms with Crippen molar-refractivity contribution in [3.8, 4) is 0 Å². The fraction of sp³-hybridized carbons (Fsp3) is 0.571. The Balaban J connectivity index is 2.18. The number of carbonyl (C=O) groups excluding carboxylic acids is 1. The summed E-state index contributed by atoms with van der Waals surface area (Å²) in [4.78, 5) is 17.8. The van der Waals surface area contributed by atoms with Crippen molar-refractivity contribution in [2.24, 2.45) is 0 Å². The third kappa shape index (κ3) is 2.88. The largest absolute Gasteiger partial charge is 0.369 e. The van der Waals surface area contributed by atoms with Crippen LogP contribution in [-0.2, 0) is 4.74 Å². The van der Waals surface area contributed by atoms with Crippen molar-refractivity contribution in [2.75, 3.05) is 18.0 Å². The first-order valence-electron chi connectivity index (χ1n) is 6.27. The first-order chi connectivity index (χ1) is 8.37. The Kier molecular flexibility index (Phi) is 3.39. The van der Waals surface area contributed by atoms with Crippen LogP contribution < -0.4 is 4.90 Å². The normalized spacial score (nSPS) is 22.9. The van der Waals surface area contributed by atoms with Gasteiger partial charge < -0.3 is 9.64 Å². The highest BCUT2D eigenvalue weighted by molar-refractivity contribution is 5.93. The molecule has 0 saturated carbocycles. The quantitative estimate of drug-likeness (QED) is 0.753. The second-order valence-corrected chi connectivity index (χ2v) is 5.53. The minimum absolute atomic E-state index is 0.0460. The van der Waals surface area contributed by atoms with Crippen LogP contribution >= 0.6 is 0 Å². The summed E-state index contributed by atoms with van der Waals surface area (Å²) in [6.07, 6.45) is 1.83. The lowest BCUT2D eigenvalue weighted by atomic mass is 10.1. The molecule has 0 amide bonds. The van der Waals surface area contributed by atoms with E-state index in [4.69, 9.17) is 4.74 Å². The van der Waals surface area contributed by atoms with Crippen LogP contribution in [0.2, 0.25) is 0 Å². The van der Waals surface area contributed by atoms with Crippen molar-refractivity contribution < 1.29 is 9.53 Å². The van der Waals surface area contributed by atoms with Crippen LogP contribution in [0.5, 0.6) is 0 Å². The summed E-state index contributed by atoms with van der Waals surface area (Å²) in [5.74, 6) is 0.952. The maximum atomic E-state index is 11.2. The second-order valence-electron chi connectivity index (χ2n) is 5.53. The highest BCUT2D eigenvalue weighted by Gasteiger charge is 2.31. The second kappa shape index (κ2) is 4.69. The number of Topliss-reactive ketones (excluding diaryl/α,β-unsaturated/α-hetero) is 1. The third-order valence-electron chi connectivity index (χ3n) is 3.05. The standard InChI is InChI=1S/C14H20N2O2/c1-10-8-16(9-14(3,4)18-10)13-6-5-12(7-15-13)11(2)17/h5-7,10H,8-9H2,1-4H3. The van der Waals surface area contributed by atoms with Gasteiger partial charge in [-0.05, 0) is 39.8 Å². The molecule has 2 rings (SSSR count). The van der Waals surface area contributed by atoms with Gasteiger partial charge in [0.2, 0.25) is 0 Å². The van der Waals surface area contributed by atoms with Crippen LogP contribution in [0.4, 0.5) is 5.82 Å². The summed E-state index contributed by atoms with van der Waals surface area (Å²) in [6.45, 7) is 9.42. The van der Waals surface area contributed by atoms with E-state index in [2.05, 4.69) is 30.7 Å². The summed E-state index contributed by atoms with van der Waals surface area (Å²) in [5, 5.41) is 0. The molecule has 1 aromatic rings. The zero-order chi connectivity index (χ0) is 13.3. The van der Waals surface area contributed by atoms with E-state index in [-0.39, 0.29) is 17.5 Å². The Morgan fingerprint density at radius 3 is 2.72 bits per heavy atom. The highest BCUT2D eigenvalue weighted by atomic mass is 16.5. The van der Waals surface area contributed by atoms with Gasteiger partial charge in [-0.3, -0.25) is 4.79 Å². The molecule has 0 N–H and O–H groups in total. The number of carbonyl (C=O) groups is 1. The molecule has 1 unspecified atom stereocenters. The van der Waals surface area contributed by atoms with Crippen LogP contribution in [0.1, 0.15) is 38.1 Å². The van der Waals surface area contributed by atoms with Crippen molar-refractivity contribution >= 4 is 11.6 Å². The first kappa shape index (κ1) is 13.0. The van der Waals surface area contributed by atoms with Crippen molar-refractivity contribution in [1.29, 1.82) is 0 Å². The molecular weight excluding hydrogens is 228 g/mol. The number of rotatable bonds is 2. The van der Waals surface area contributed by atoms with Gasteiger partial charge in [-0.25, -0.2) is 4.98 Å². The molecular formula is C14H20N2O2. The molecule has 4 heteroatoms. The fourth-order valence-corrected chi connectivity index (χ4v) is 2.41. The van der Waals surface area contributed by atoms with Crippen molar-refractivity contribution in [2.45, 2.75) is 39.4 Å². The summed E-state index contributed by atoms with van der Waals surface area (Å²) >= 11 is 0. The average Bonchev–Trinajstić information content (AvgIpc) is 2.26. The van der Waals surface area contributed by atoms with E-state index in [1.54, 1.807) is 13.1 Å². The molecule has 0 bridgehead atoms. The number of ketones is 1. The average molecular weight is 248 g/mol. The number of morpholine rings is 1. The van der Waals surface area contributed by atoms with E-state index in [0.29, 0.717) is 5.56 Å². The van der Waals surface area contributed by atoms with Gasteiger partial charge >= 0.3 is 0 Å². The maximum absolute atomic E-state index is 11.2. The van der Waals surface area contributed by atoms with Crippen molar-refractivity contribution in [1.82, 2.24) is 4.98 Å². The summed E-state index contributed by atoms with van der Waals surface area (Å²) in [6, 6.07) is 3.74. The number of pyridine rings is 1. The van der Waals surface area contributed by atoms with Crippen LogP contribution in [0.25, 0.3) is 0 Å². The van der Waals surface area contributed by atoms with Gasteiger partial charge in [-0.2, -0.15) is 0 Å². The molecule has 1 aliphatic heterocycles. The van der Waals surface area contributed by atoms with Crippen molar-refractivity contribution in [3.05, 3.63) is 23.9 Å². The van der Waals surface area contributed by atoms with Gasteiger partial charge in [0, 0.05) is 24.8 Å². The van der Waals surface area contributed by atoms with Crippen LogP contribution in [-0.4, -0.2) is 35.6 Å². The highest BCUT2D eigenvalue weighted by Crippen LogP contribution is 2.24. The number of hydrogen-bond donors (Lipinski definition) is 0. The van der Waals surface area contributed by atoms with Gasteiger partial charge in [-0.1, -0.05) is 0 Å². The summed E-state index contributed by atoms with van der Waals surface area (Å²) in [7, 11) is 0. The van der Waals surface area contributed by atoms with E-state index in [9.17, 15) is 4.79 Å². The van der Waals surface area contributed by atoms with E-state index >= 15 is 0 Å². The molecule has 0 spiro atoms. The molecule has 1 aromatic heterocycles. The molecule has 4 nitrogen and oxygen atoms in total. The van der Waals surface area contributed by atoms with Crippen LogP contribution in [0.15, 0.2) is 18.3 Å². The zero-order valence-corrected chi connectivity index (χ0v) is 11.4. The zero-order valence-electron chi connectivity index (χ0n) is 11.4. The van der Waals surface area contributed by atoms with E-state index in [0.717, 1.165) is 18.9 Å². The summed E-state index contributed by atoms with van der Waals surface area (Å²) < 4.78 is 5.86. The summed E-state index contributed by atoms with van der Waals surface area (Å²) in [5.41, 5.74) is 0.484. The topological polar surface area (TPSA) is 42.4 Å². The number of aromatic nitrogens is 1. The first-order valence-corrected chi connectivity index (χ1v) is 6.27. The monoisotopic (exact) mass is 248 g/mol. The lowest BCUT2D eigenvalue weighted by Gasteiger charge is -2.42. The number of nitrogens with zero attached hydrogens (tertiary/aromatic N) is 2. The Morgan fingerprint density at radius 2 is 2.22 bits per heavy atom. The van der Waals surface area contributed by atoms with Gasteiger partial charge in [0.15, 0.2) is 5.78 Å². The van der Waals surface area contributed by atoms with Gasteiger partial charge in [0.1, 0.15) is 5.82 Å². The Morgan fingerprint density at radius 1 is 1.50 bits per heavy atom. The predicted molar refractivity (Wildman–Crippen MR) is 71.1 cm³/mol. The minimum Gasteiger partial charge on any atom is -0.369 e. The molecule has 0 aliphatic carbocycles. The SMILES string of the molecule is CC(=O)c1ccc(N2CC(C)OC(C)(C)C2)nc1. The van der Waals surface area contributed by atoms with Gasteiger partial charge in [0.25, 0.3) is 0 Å². The molecule has 1 fully saturated rings. The molecule has 1 aliphatic rings. The third-order valence-corrected chi connectivity index (χ3v) is 3.05. The lowest BCUT2D eigenvalue weighted by Crippen LogP contribution is -2.52. The Labute approximate surface area is 108 Å². The molecule has 1 saturated heterocycles. The number of hydrogen-bond acceptors (Lipinski definition) is 4. The van der Waals surface area contributed by atoms with Gasteiger partial charge in [0.05, 0.1) is 11.7 Å². The molecule has 2 heterocycles. The van der Waals surface area contributed by atoms with Gasteiger partial charge in [-0.15, -0.1) is 0 Å². The number of ether oxygens (including phenoxy) is 1. The van der Waals surface area contributed by atoms with E-state index in [1.165, 1.54) is 0 Å². The molecule has 1 atom stereocenters. The van der Waals surface area contributed by atoms with Crippen molar-refractivity contribution in [3.63, 3.8) is 0 Å². The van der Waals surface area contributed by atoms with Crippen LogP contribution in [0, 0.1) is 0 Å². The fourth-order valence-electron chi connectivity index (χ4n) is 2.41. The Bertz CT molecular complexity index is 440. The smallest absolute Gasteiger partial charge is 0.161 e. The molecule has 18 heavy (non-hydrogen) atoms. The van der Waals surface area contributed by atoms with E-state index < -0.39 is 0 Å². The molecule has 98 valence electrons. The minimum atomic E-state index is -0.168. The Hall–Kier alpha value is -1.42. The lowest BCUT2D eigenvalue weighted by molar-refractivity contribution is -0.0751. The molecule has 0 aromatic carbocycles. The number of anilines is 1. The molecule has 0 radical (unpaired) electrons. The predicted octanol–water partition coefficient (Wildman–Crippen LogP) is 2.29. The van der Waals surface area contributed by atoms with Crippen LogP contribution in [0.3, 0.4) is 0 Å². The van der Waals surface area contributed by atoms with E-state index in [1.807, 2.05) is 12.1 Å².